The SMILES string of the molecule is COC(=O)c1ccc(Cl)c(S(=O)(=O)NCC2COc3ccccc3O2)c1. The van der Waals surface area contributed by atoms with E-state index in [9.17, 15) is 13.2 Å². The predicted octanol–water partition coefficient (Wildman–Crippen LogP) is 2.24. The van der Waals surface area contributed by atoms with Gasteiger partial charge in [-0.3, -0.25) is 0 Å². The van der Waals surface area contributed by atoms with Gasteiger partial charge in [0.05, 0.1) is 24.2 Å². The van der Waals surface area contributed by atoms with E-state index in [1.54, 1.807) is 18.2 Å². The zero-order chi connectivity index (χ0) is 18.7. The summed E-state index contributed by atoms with van der Waals surface area (Å²) in [4.78, 5) is 11.4. The topological polar surface area (TPSA) is 90.9 Å². The monoisotopic (exact) mass is 397 g/mol. The first kappa shape index (κ1) is 18.5. The first-order valence-corrected chi connectivity index (χ1v) is 9.53. The summed E-state index contributed by atoms with van der Waals surface area (Å²) in [5, 5.41) is -0.00342. The van der Waals surface area contributed by atoms with Crippen LogP contribution in [0.1, 0.15) is 10.4 Å². The molecule has 2 aromatic rings. The average Bonchev–Trinajstić information content (AvgIpc) is 2.66. The van der Waals surface area contributed by atoms with Gasteiger partial charge in [0, 0.05) is 0 Å². The summed E-state index contributed by atoms with van der Waals surface area (Å²) in [6.07, 6.45) is -0.498. The molecule has 26 heavy (non-hydrogen) atoms. The Morgan fingerprint density at radius 1 is 1.27 bits per heavy atom. The second kappa shape index (κ2) is 7.53. The fourth-order valence-electron chi connectivity index (χ4n) is 2.40. The molecule has 0 radical (unpaired) electrons. The molecule has 0 saturated heterocycles. The number of rotatable bonds is 5. The van der Waals surface area contributed by atoms with Crippen molar-refractivity contribution in [2.45, 2.75) is 11.0 Å². The molecule has 1 unspecified atom stereocenters. The lowest BCUT2D eigenvalue weighted by atomic mass is 10.2. The fraction of sp³-hybridized carbons (Fsp3) is 0.235. The quantitative estimate of drug-likeness (QED) is 0.778. The molecular weight excluding hydrogens is 382 g/mol. The Morgan fingerprint density at radius 2 is 2.00 bits per heavy atom. The summed E-state index contributed by atoms with van der Waals surface area (Å²) in [5.41, 5.74) is 0.0865. The van der Waals surface area contributed by atoms with Crippen LogP contribution in [0.5, 0.6) is 11.5 Å². The Morgan fingerprint density at radius 3 is 2.73 bits per heavy atom. The van der Waals surface area contributed by atoms with E-state index in [0.717, 1.165) is 0 Å². The molecule has 0 spiro atoms. The van der Waals surface area contributed by atoms with Crippen LogP contribution in [0.25, 0.3) is 0 Å². The molecule has 1 N–H and O–H groups in total. The van der Waals surface area contributed by atoms with E-state index in [4.69, 9.17) is 21.1 Å². The van der Waals surface area contributed by atoms with Gasteiger partial charge in [0.1, 0.15) is 17.6 Å². The summed E-state index contributed by atoms with van der Waals surface area (Å²) in [6.45, 7) is 0.185. The molecule has 0 bridgehead atoms. The van der Waals surface area contributed by atoms with E-state index in [2.05, 4.69) is 9.46 Å². The van der Waals surface area contributed by atoms with Crippen LogP contribution in [-0.2, 0) is 14.8 Å². The van der Waals surface area contributed by atoms with Gasteiger partial charge in [-0.1, -0.05) is 23.7 Å². The minimum Gasteiger partial charge on any atom is -0.486 e. The Labute approximate surface area is 155 Å². The van der Waals surface area contributed by atoms with Crippen LogP contribution in [-0.4, -0.2) is 40.8 Å². The van der Waals surface area contributed by atoms with Crippen LogP contribution < -0.4 is 14.2 Å². The van der Waals surface area contributed by atoms with Crippen LogP contribution in [0.2, 0.25) is 5.02 Å². The van der Waals surface area contributed by atoms with Crippen molar-refractivity contribution in [2.75, 3.05) is 20.3 Å². The Balaban J connectivity index is 1.73. The van der Waals surface area contributed by atoms with Gasteiger partial charge in [0.15, 0.2) is 11.5 Å². The smallest absolute Gasteiger partial charge is 0.337 e. The Kier molecular flexibility index (Phi) is 5.36. The molecule has 0 fully saturated rings. The number of benzene rings is 2. The third kappa shape index (κ3) is 3.92. The summed E-state index contributed by atoms with van der Waals surface area (Å²) in [5.74, 6) is 0.507. The van der Waals surface area contributed by atoms with E-state index >= 15 is 0 Å². The van der Waals surface area contributed by atoms with Crippen LogP contribution in [0.15, 0.2) is 47.4 Å². The number of hydrogen-bond donors (Lipinski definition) is 1. The maximum atomic E-state index is 12.6. The zero-order valence-corrected chi connectivity index (χ0v) is 15.3. The molecule has 0 saturated carbocycles. The van der Waals surface area contributed by atoms with Gasteiger partial charge in [0.25, 0.3) is 0 Å². The largest absolute Gasteiger partial charge is 0.486 e. The van der Waals surface area contributed by atoms with Gasteiger partial charge >= 0.3 is 5.97 Å². The van der Waals surface area contributed by atoms with Crippen molar-refractivity contribution in [3.63, 3.8) is 0 Å². The molecule has 0 amide bonds. The first-order chi connectivity index (χ1) is 12.4. The predicted molar refractivity (Wildman–Crippen MR) is 94.3 cm³/mol. The van der Waals surface area contributed by atoms with Gasteiger partial charge in [-0.15, -0.1) is 0 Å². The molecule has 2 aromatic carbocycles. The normalized spacial score (nSPS) is 16.2. The fourth-order valence-corrected chi connectivity index (χ4v) is 3.99. The van der Waals surface area contributed by atoms with E-state index in [1.807, 2.05) is 6.07 Å². The van der Waals surface area contributed by atoms with Crippen LogP contribution >= 0.6 is 11.6 Å². The van der Waals surface area contributed by atoms with Gasteiger partial charge < -0.3 is 14.2 Å². The van der Waals surface area contributed by atoms with E-state index in [1.165, 1.54) is 25.3 Å². The number of carbonyl (C=O) groups is 1. The summed E-state index contributed by atoms with van der Waals surface area (Å²) >= 11 is 5.99. The van der Waals surface area contributed by atoms with E-state index in [0.29, 0.717) is 11.5 Å². The van der Waals surface area contributed by atoms with Crippen molar-refractivity contribution in [3.8, 4) is 11.5 Å². The van der Waals surface area contributed by atoms with Gasteiger partial charge in [-0.25, -0.2) is 17.9 Å². The number of ether oxygens (including phenoxy) is 3. The molecule has 138 valence electrons. The van der Waals surface area contributed by atoms with Gasteiger partial charge in [-0.05, 0) is 30.3 Å². The number of halogens is 1. The molecule has 9 heteroatoms. The number of fused-ring (bicyclic) bond motifs is 1. The molecule has 3 rings (SSSR count). The van der Waals surface area contributed by atoms with Crippen LogP contribution in [0.3, 0.4) is 0 Å². The van der Waals surface area contributed by atoms with Crippen LogP contribution in [0, 0.1) is 0 Å². The molecular formula is C17H16ClNO6S. The highest BCUT2D eigenvalue weighted by atomic mass is 35.5. The lowest BCUT2D eigenvalue weighted by Gasteiger charge is -2.26. The number of carbonyl (C=O) groups excluding carboxylic acids is 1. The summed E-state index contributed by atoms with van der Waals surface area (Å²) < 4.78 is 43.4. The first-order valence-electron chi connectivity index (χ1n) is 7.67. The third-order valence-electron chi connectivity index (χ3n) is 3.71. The van der Waals surface area contributed by atoms with Crippen LogP contribution in [0.4, 0.5) is 0 Å². The van der Waals surface area contributed by atoms with E-state index < -0.39 is 22.1 Å². The second-order valence-corrected chi connectivity index (χ2v) is 7.63. The third-order valence-corrected chi connectivity index (χ3v) is 5.62. The number of methoxy groups -OCH3 is 1. The summed E-state index contributed by atoms with van der Waals surface area (Å²) in [7, 11) is -2.75. The van der Waals surface area contributed by atoms with Crippen molar-refractivity contribution >= 4 is 27.6 Å². The number of esters is 1. The lowest BCUT2D eigenvalue weighted by molar-refractivity contribution is 0.0600. The number of para-hydroxylation sites is 2. The maximum absolute atomic E-state index is 12.6. The van der Waals surface area contributed by atoms with Crippen molar-refractivity contribution in [2.24, 2.45) is 0 Å². The molecule has 0 aliphatic carbocycles. The minimum atomic E-state index is -3.96. The minimum absolute atomic E-state index is 0.00342. The molecule has 7 nitrogen and oxygen atoms in total. The maximum Gasteiger partial charge on any atom is 0.337 e. The molecule has 1 aliphatic rings. The average molecular weight is 398 g/mol. The highest BCUT2D eigenvalue weighted by Crippen LogP contribution is 2.31. The Hall–Kier alpha value is -2.29. The van der Waals surface area contributed by atoms with E-state index in [-0.39, 0.29) is 28.6 Å². The van der Waals surface area contributed by atoms with Crippen molar-refractivity contribution in [1.29, 1.82) is 0 Å². The highest BCUT2D eigenvalue weighted by Gasteiger charge is 2.25. The molecule has 0 aromatic heterocycles. The second-order valence-electron chi connectivity index (χ2n) is 5.49. The highest BCUT2D eigenvalue weighted by molar-refractivity contribution is 7.89. The van der Waals surface area contributed by atoms with Crippen molar-refractivity contribution < 1.29 is 27.4 Å². The van der Waals surface area contributed by atoms with Crippen molar-refractivity contribution in [3.05, 3.63) is 53.1 Å². The molecule has 1 aliphatic heterocycles. The van der Waals surface area contributed by atoms with Gasteiger partial charge in [0.2, 0.25) is 10.0 Å². The lowest BCUT2D eigenvalue weighted by Crippen LogP contribution is -2.40. The standard InChI is InChI=1S/C17H16ClNO6S/c1-23-17(20)11-6-7-13(18)16(8-11)26(21,22)19-9-12-10-24-14-4-2-3-5-15(14)25-12/h2-8,12,19H,9-10H2,1H3. The number of sulfonamides is 1. The van der Waals surface area contributed by atoms with Gasteiger partial charge in [-0.2, -0.15) is 0 Å². The zero-order valence-electron chi connectivity index (χ0n) is 13.8. The number of nitrogens with one attached hydrogen (secondary N) is 1. The Bertz CT molecular complexity index is 931. The molecule has 1 atom stereocenters. The van der Waals surface area contributed by atoms with Crippen molar-refractivity contribution in [1.82, 2.24) is 4.72 Å². The summed E-state index contributed by atoms with van der Waals surface area (Å²) in [6, 6.07) is 11.0. The molecule has 1 heterocycles. The number of hydrogen-bond acceptors (Lipinski definition) is 6.